The standard InChI is InChI=1S/C15H27N3O/c1-14(2,3)11-7-6-10(17-11)8-15(4,5)12-9-16-13(19)18-12/h9-11,17H,6-8H2,1-5H3,(H2,16,18,19). The molecule has 0 radical (unpaired) electrons. The number of H-pyrrole nitrogens is 2. The molecule has 0 amide bonds. The zero-order valence-corrected chi connectivity index (χ0v) is 12.8. The van der Waals surface area contributed by atoms with E-state index in [4.69, 9.17) is 0 Å². The fraction of sp³-hybridized carbons (Fsp3) is 0.800. The third-order valence-electron chi connectivity index (χ3n) is 4.37. The van der Waals surface area contributed by atoms with Crippen molar-refractivity contribution in [3.63, 3.8) is 0 Å². The Bertz CT molecular complexity index is 478. The summed E-state index contributed by atoms with van der Waals surface area (Å²) in [5, 5.41) is 3.76. The first-order valence-electron chi connectivity index (χ1n) is 7.23. The lowest BCUT2D eigenvalue weighted by atomic mass is 9.82. The Balaban J connectivity index is 2.00. The van der Waals surface area contributed by atoms with Gasteiger partial charge in [-0.3, -0.25) is 0 Å². The molecule has 0 aliphatic carbocycles. The number of imidazole rings is 1. The highest BCUT2D eigenvalue weighted by Crippen LogP contribution is 2.34. The average molecular weight is 265 g/mol. The normalized spacial score (nSPS) is 24.9. The first-order chi connectivity index (χ1) is 8.68. The molecule has 0 spiro atoms. The van der Waals surface area contributed by atoms with E-state index in [0.29, 0.717) is 17.5 Å². The van der Waals surface area contributed by atoms with Gasteiger partial charge in [0, 0.05) is 29.4 Å². The summed E-state index contributed by atoms with van der Waals surface area (Å²) in [6, 6.07) is 1.14. The minimum absolute atomic E-state index is 0.0103. The fourth-order valence-corrected chi connectivity index (χ4v) is 3.09. The Labute approximate surface area is 115 Å². The van der Waals surface area contributed by atoms with Gasteiger partial charge in [-0.15, -0.1) is 0 Å². The van der Waals surface area contributed by atoms with Crippen molar-refractivity contribution in [3.05, 3.63) is 22.4 Å². The Morgan fingerprint density at radius 1 is 1.21 bits per heavy atom. The van der Waals surface area contributed by atoms with E-state index in [0.717, 1.165) is 12.1 Å². The van der Waals surface area contributed by atoms with Gasteiger partial charge in [0.25, 0.3) is 0 Å². The maximum Gasteiger partial charge on any atom is 0.323 e. The smallest absolute Gasteiger partial charge is 0.313 e. The lowest BCUT2D eigenvalue weighted by Gasteiger charge is -2.30. The largest absolute Gasteiger partial charge is 0.323 e. The molecule has 4 heteroatoms. The van der Waals surface area contributed by atoms with Crippen LogP contribution in [0.1, 0.15) is 59.6 Å². The zero-order valence-electron chi connectivity index (χ0n) is 12.8. The van der Waals surface area contributed by atoms with E-state index < -0.39 is 0 Å². The minimum atomic E-state index is -0.116. The van der Waals surface area contributed by atoms with Crippen LogP contribution in [0.4, 0.5) is 0 Å². The summed E-state index contributed by atoms with van der Waals surface area (Å²) in [5.41, 5.74) is 1.19. The van der Waals surface area contributed by atoms with Crippen molar-refractivity contribution in [3.8, 4) is 0 Å². The van der Waals surface area contributed by atoms with E-state index >= 15 is 0 Å². The van der Waals surface area contributed by atoms with Crippen LogP contribution in [0.2, 0.25) is 0 Å². The highest BCUT2D eigenvalue weighted by atomic mass is 16.1. The molecule has 1 aliphatic rings. The average Bonchev–Trinajstić information content (AvgIpc) is 2.85. The lowest BCUT2D eigenvalue weighted by Crippen LogP contribution is -2.40. The Morgan fingerprint density at radius 2 is 1.89 bits per heavy atom. The second-order valence-corrected chi connectivity index (χ2v) is 7.60. The van der Waals surface area contributed by atoms with Crippen LogP contribution in [0, 0.1) is 5.41 Å². The highest BCUT2D eigenvalue weighted by Gasteiger charge is 2.35. The third-order valence-corrected chi connectivity index (χ3v) is 4.37. The SMILES string of the molecule is CC(C)(CC1CCC(C(C)(C)C)N1)c1c[nH]c(=O)[nH]1. The molecule has 1 fully saturated rings. The Hall–Kier alpha value is -1.03. The van der Waals surface area contributed by atoms with Crippen LogP contribution in [-0.2, 0) is 5.41 Å². The van der Waals surface area contributed by atoms with E-state index in [9.17, 15) is 4.79 Å². The minimum Gasteiger partial charge on any atom is -0.313 e. The van der Waals surface area contributed by atoms with Gasteiger partial charge in [0.2, 0.25) is 0 Å². The molecule has 1 saturated heterocycles. The molecule has 2 heterocycles. The second-order valence-electron chi connectivity index (χ2n) is 7.60. The second kappa shape index (κ2) is 4.82. The number of rotatable bonds is 3. The van der Waals surface area contributed by atoms with Gasteiger partial charge in [-0.1, -0.05) is 34.6 Å². The van der Waals surface area contributed by atoms with Crippen LogP contribution in [0.3, 0.4) is 0 Å². The number of nitrogens with one attached hydrogen (secondary N) is 3. The van der Waals surface area contributed by atoms with E-state index in [2.05, 4.69) is 49.9 Å². The van der Waals surface area contributed by atoms with E-state index in [1.54, 1.807) is 6.20 Å². The monoisotopic (exact) mass is 265 g/mol. The van der Waals surface area contributed by atoms with Gasteiger partial charge in [-0.05, 0) is 24.7 Å². The van der Waals surface area contributed by atoms with Gasteiger partial charge in [0.05, 0.1) is 0 Å². The summed E-state index contributed by atoms with van der Waals surface area (Å²) in [6.07, 6.45) is 5.32. The van der Waals surface area contributed by atoms with E-state index in [1.807, 2.05) is 0 Å². The molecule has 4 nitrogen and oxygen atoms in total. The maximum atomic E-state index is 11.2. The Kier molecular flexibility index (Phi) is 3.65. The molecule has 2 atom stereocenters. The van der Waals surface area contributed by atoms with Crippen LogP contribution < -0.4 is 11.0 Å². The van der Waals surface area contributed by atoms with Gasteiger partial charge >= 0.3 is 5.69 Å². The van der Waals surface area contributed by atoms with Crippen LogP contribution in [0.25, 0.3) is 0 Å². The molecule has 2 rings (SSSR count). The Morgan fingerprint density at radius 3 is 2.37 bits per heavy atom. The summed E-state index contributed by atoms with van der Waals surface area (Å²) >= 11 is 0. The van der Waals surface area contributed by atoms with Crippen molar-refractivity contribution in [2.75, 3.05) is 0 Å². The lowest BCUT2D eigenvalue weighted by molar-refractivity contribution is 0.277. The molecule has 19 heavy (non-hydrogen) atoms. The van der Waals surface area contributed by atoms with E-state index in [-0.39, 0.29) is 11.1 Å². The third kappa shape index (κ3) is 3.30. The van der Waals surface area contributed by atoms with Crippen molar-refractivity contribution in [1.29, 1.82) is 0 Å². The van der Waals surface area contributed by atoms with E-state index in [1.165, 1.54) is 12.8 Å². The van der Waals surface area contributed by atoms with Crippen molar-refractivity contribution < 1.29 is 0 Å². The van der Waals surface area contributed by atoms with Crippen molar-refractivity contribution in [2.45, 2.75) is 71.4 Å². The number of aromatic amines is 2. The summed E-state index contributed by atoms with van der Waals surface area (Å²) in [6.45, 7) is 11.3. The van der Waals surface area contributed by atoms with Crippen LogP contribution in [0.5, 0.6) is 0 Å². The molecule has 1 aromatic heterocycles. The molecule has 3 N–H and O–H groups in total. The fourth-order valence-electron chi connectivity index (χ4n) is 3.09. The molecule has 1 aromatic rings. The topological polar surface area (TPSA) is 60.7 Å². The number of hydrogen-bond acceptors (Lipinski definition) is 2. The quantitative estimate of drug-likeness (QED) is 0.786. The van der Waals surface area contributed by atoms with Gasteiger partial charge in [-0.25, -0.2) is 4.79 Å². The zero-order chi connectivity index (χ0) is 14.3. The first kappa shape index (κ1) is 14.4. The maximum absolute atomic E-state index is 11.2. The molecule has 108 valence electrons. The van der Waals surface area contributed by atoms with Crippen LogP contribution >= 0.6 is 0 Å². The predicted molar refractivity (Wildman–Crippen MR) is 78.5 cm³/mol. The molecular formula is C15H27N3O. The molecular weight excluding hydrogens is 238 g/mol. The molecule has 2 unspecified atom stereocenters. The first-order valence-corrected chi connectivity index (χ1v) is 7.23. The number of aromatic nitrogens is 2. The van der Waals surface area contributed by atoms with Crippen molar-refractivity contribution in [1.82, 2.24) is 15.3 Å². The summed E-state index contributed by atoms with van der Waals surface area (Å²) < 4.78 is 0. The molecule has 0 saturated carbocycles. The molecule has 1 aliphatic heterocycles. The van der Waals surface area contributed by atoms with Crippen LogP contribution in [-0.4, -0.2) is 22.1 Å². The highest BCUT2D eigenvalue weighted by molar-refractivity contribution is 5.11. The predicted octanol–water partition coefficient (Wildman–Crippen LogP) is 2.54. The van der Waals surface area contributed by atoms with Gasteiger partial charge in [-0.2, -0.15) is 0 Å². The molecule has 0 bridgehead atoms. The summed E-state index contributed by atoms with van der Waals surface area (Å²) in [5.74, 6) is 0. The van der Waals surface area contributed by atoms with Gasteiger partial charge < -0.3 is 15.3 Å². The molecule has 0 aromatic carbocycles. The summed E-state index contributed by atoms with van der Waals surface area (Å²) in [4.78, 5) is 16.8. The summed E-state index contributed by atoms with van der Waals surface area (Å²) in [7, 11) is 0. The number of hydrogen-bond donors (Lipinski definition) is 3. The van der Waals surface area contributed by atoms with Gasteiger partial charge in [0.15, 0.2) is 0 Å². The van der Waals surface area contributed by atoms with Crippen molar-refractivity contribution >= 4 is 0 Å². The van der Waals surface area contributed by atoms with Gasteiger partial charge in [0.1, 0.15) is 0 Å². The van der Waals surface area contributed by atoms with Crippen molar-refractivity contribution in [2.24, 2.45) is 5.41 Å². The van der Waals surface area contributed by atoms with Crippen LogP contribution in [0.15, 0.2) is 11.0 Å².